The summed E-state index contributed by atoms with van der Waals surface area (Å²) < 4.78 is 0. The molecule has 7 nitrogen and oxygen atoms in total. The Labute approximate surface area is 160 Å². The molecule has 4 atom stereocenters. The van der Waals surface area contributed by atoms with E-state index in [9.17, 15) is 19.9 Å². The highest BCUT2D eigenvalue weighted by Gasteiger charge is 2.53. The van der Waals surface area contributed by atoms with Crippen LogP contribution < -0.4 is 0 Å². The molecule has 1 heterocycles. The Bertz CT molecular complexity index is 649. The van der Waals surface area contributed by atoms with Crippen LogP contribution in [0.5, 0.6) is 0 Å². The maximum atomic E-state index is 10.4. The number of carbonyl (C=O) groups is 2. The van der Waals surface area contributed by atoms with Gasteiger partial charge in [0.05, 0.1) is 29.7 Å². The molecule has 1 aliphatic rings. The fourth-order valence-corrected chi connectivity index (χ4v) is 3.35. The molecule has 0 radical (unpaired) electrons. The van der Waals surface area contributed by atoms with Gasteiger partial charge in [-0.25, -0.2) is 9.59 Å². The molecule has 0 saturated carbocycles. The predicted molar refractivity (Wildman–Crippen MR) is 101 cm³/mol. The van der Waals surface area contributed by atoms with E-state index in [2.05, 4.69) is 6.92 Å². The number of carboxylic acid groups (broad SMARTS) is 2. The van der Waals surface area contributed by atoms with Crippen LogP contribution in [0.25, 0.3) is 0 Å². The molecule has 1 aliphatic heterocycles. The summed E-state index contributed by atoms with van der Waals surface area (Å²) in [7, 11) is 0. The van der Waals surface area contributed by atoms with E-state index >= 15 is 0 Å². The minimum atomic E-state index is -1.13. The summed E-state index contributed by atoms with van der Waals surface area (Å²) in [6.45, 7) is 11.9. The molecule has 27 heavy (non-hydrogen) atoms. The Balaban J connectivity index is 0.000000277. The summed E-state index contributed by atoms with van der Waals surface area (Å²) in [5, 5.41) is 38.8. The minimum absolute atomic E-state index is 0.0186. The number of benzene rings is 1. The maximum Gasteiger partial charge on any atom is 0.335 e. The van der Waals surface area contributed by atoms with Gasteiger partial charge in [0, 0.05) is 11.5 Å². The normalized spacial score (nSPS) is 30.9. The topological polar surface area (TPSA) is 118 Å². The molecule has 0 amide bonds. The van der Waals surface area contributed by atoms with Gasteiger partial charge in [0.1, 0.15) is 6.42 Å². The molecule has 1 saturated heterocycles. The number of hydrogen-bond acceptors (Lipinski definition) is 5. The lowest BCUT2D eigenvalue weighted by molar-refractivity contribution is -0.285. The van der Waals surface area contributed by atoms with Crippen molar-refractivity contribution in [3.8, 4) is 0 Å². The lowest BCUT2D eigenvalue weighted by Crippen LogP contribution is -2.66. The number of hydroxylamine groups is 2. The second kappa shape index (κ2) is 8.73. The van der Waals surface area contributed by atoms with Crippen LogP contribution >= 0.6 is 0 Å². The van der Waals surface area contributed by atoms with Crippen LogP contribution in [0.4, 0.5) is 0 Å². The van der Waals surface area contributed by atoms with E-state index in [4.69, 9.17) is 10.2 Å². The zero-order chi connectivity index (χ0) is 21.0. The molecular weight excluding hydrogens is 350 g/mol. The summed E-state index contributed by atoms with van der Waals surface area (Å²) in [5.74, 6) is -2.21. The van der Waals surface area contributed by atoms with Crippen molar-refractivity contribution in [2.45, 2.75) is 64.1 Å². The Kier molecular flexibility index (Phi) is 7.42. The number of rotatable bonds is 4. The SMILES string of the molecule is O=C(O)c1cccc(C(=O)O)c1.[CH2+]CC1(C)C(C)C(O)CC(C)(CC)N1O. The number of hydrogen-bond donors (Lipinski definition) is 4. The quantitative estimate of drug-likeness (QED) is 0.592. The highest BCUT2D eigenvalue weighted by molar-refractivity contribution is 5.93. The highest BCUT2D eigenvalue weighted by Crippen LogP contribution is 2.43. The molecule has 0 bridgehead atoms. The molecule has 7 heteroatoms. The van der Waals surface area contributed by atoms with Crippen LogP contribution in [-0.2, 0) is 0 Å². The first kappa shape index (κ1) is 23.0. The minimum Gasteiger partial charge on any atom is -0.478 e. The van der Waals surface area contributed by atoms with Crippen LogP contribution in [0, 0.1) is 12.8 Å². The summed E-state index contributed by atoms with van der Waals surface area (Å²) in [6, 6.07) is 5.20. The molecule has 0 spiro atoms. The zero-order valence-electron chi connectivity index (χ0n) is 16.3. The first-order valence-electron chi connectivity index (χ1n) is 8.96. The van der Waals surface area contributed by atoms with E-state index in [1.165, 1.54) is 23.3 Å². The number of aromatic carboxylic acids is 2. The van der Waals surface area contributed by atoms with E-state index in [1.54, 1.807) is 0 Å². The Hall–Kier alpha value is -2.09. The average molecular weight is 380 g/mol. The predicted octanol–water partition coefficient (Wildman–Crippen LogP) is 3.31. The highest BCUT2D eigenvalue weighted by atomic mass is 16.5. The Morgan fingerprint density at radius 3 is 2.07 bits per heavy atom. The standard InChI is InChI=1S/C12H24NO2.C8H6O4/c1-6-11(4)8-10(14)9(3)12(5,7-2)13(11)15;9-7(10)5-2-1-3-6(4-5)8(11)12/h9-10,14-15H,2,6-8H2,1,3-5H3;1-4H,(H,9,10)(H,11,12)/q+1;. The van der Waals surface area contributed by atoms with Crippen molar-refractivity contribution in [2.24, 2.45) is 5.92 Å². The molecule has 0 aromatic heterocycles. The van der Waals surface area contributed by atoms with Gasteiger partial charge >= 0.3 is 11.9 Å². The van der Waals surface area contributed by atoms with Crippen molar-refractivity contribution in [3.05, 3.63) is 42.3 Å². The molecule has 4 unspecified atom stereocenters. The molecule has 0 aliphatic carbocycles. The fourth-order valence-electron chi connectivity index (χ4n) is 3.35. The van der Waals surface area contributed by atoms with Gasteiger partial charge < -0.3 is 20.5 Å². The molecule has 2 rings (SSSR count). The van der Waals surface area contributed by atoms with Crippen molar-refractivity contribution in [3.63, 3.8) is 0 Å². The van der Waals surface area contributed by atoms with E-state index in [0.29, 0.717) is 12.8 Å². The average Bonchev–Trinajstić information content (AvgIpc) is 2.65. The van der Waals surface area contributed by atoms with Crippen LogP contribution in [-0.4, -0.2) is 54.7 Å². The van der Waals surface area contributed by atoms with Crippen molar-refractivity contribution in [2.75, 3.05) is 0 Å². The molecule has 1 aromatic rings. The molecule has 150 valence electrons. The molecule has 1 aromatic carbocycles. The first-order valence-corrected chi connectivity index (χ1v) is 8.96. The van der Waals surface area contributed by atoms with Crippen molar-refractivity contribution >= 4 is 11.9 Å². The van der Waals surface area contributed by atoms with Crippen LogP contribution in [0.15, 0.2) is 24.3 Å². The Morgan fingerprint density at radius 2 is 1.70 bits per heavy atom. The van der Waals surface area contributed by atoms with E-state index < -0.39 is 17.5 Å². The fraction of sp³-hybridized carbons (Fsp3) is 0.550. The maximum absolute atomic E-state index is 10.4. The van der Waals surface area contributed by atoms with Crippen LogP contribution in [0.3, 0.4) is 0 Å². The van der Waals surface area contributed by atoms with E-state index in [0.717, 1.165) is 12.5 Å². The van der Waals surface area contributed by atoms with Crippen molar-refractivity contribution in [1.82, 2.24) is 5.06 Å². The van der Waals surface area contributed by atoms with Crippen LogP contribution in [0.1, 0.15) is 67.7 Å². The lowest BCUT2D eigenvalue weighted by atomic mass is 9.69. The van der Waals surface area contributed by atoms with Gasteiger partial charge in [-0.3, -0.25) is 0 Å². The lowest BCUT2D eigenvalue weighted by Gasteiger charge is -2.54. The Morgan fingerprint density at radius 1 is 1.22 bits per heavy atom. The van der Waals surface area contributed by atoms with E-state index in [1.807, 2.05) is 27.7 Å². The van der Waals surface area contributed by atoms with Crippen molar-refractivity contribution < 1.29 is 30.1 Å². The van der Waals surface area contributed by atoms with Gasteiger partial charge in [-0.15, -0.1) is 0 Å². The summed E-state index contributed by atoms with van der Waals surface area (Å²) >= 11 is 0. The largest absolute Gasteiger partial charge is 0.478 e. The number of carboxylic acids is 2. The van der Waals surface area contributed by atoms with Gasteiger partial charge in [0.25, 0.3) is 0 Å². The van der Waals surface area contributed by atoms with Gasteiger partial charge in [-0.1, -0.05) is 19.9 Å². The summed E-state index contributed by atoms with van der Waals surface area (Å²) in [5.41, 5.74) is -0.800. The van der Waals surface area contributed by atoms with Gasteiger partial charge in [-0.05, 0) is 44.9 Å². The van der Waals surface area contributed by atoms with Crippen LogP contribution in [0.2, 0.25) is 0 Å². The molecular formula is C20H30NO6+. The third kappa shape index (κ3) is 4.80. The number of piperidine rings is 1. The first-order chi connectivity index (χ1) is 12.4. The van der Waals surface area contributed by atoms with Gasteiger partial charge in [0.2, 0.25) is 0 Å². The third-order valence-electron chi connectivity index (χ3n) is 5.83. The monoisotopic (exact) mass is 380 g/mol. The van der Waals surface area contributed by atoms with Gasteiger partial charge in [0.15, 0.2) is 0 Å². The number of aliphatic hydroxyl groups is 1. The second-order valence-electron chi connectivity index (χ2n) is 7.52. The molecule has 1 fully saturated rings. The smallest absolute Gasteiger partial charge is 0.335 e. The van der Waals surface area contributed by atoms with E-state index in [-0.39, 0.29) is 28.7 Å². The second-order valence-corrected chi connectivity index (χ2v) is 7.52. The number of aliphatic hydroxyl groups excluding tert-OH is 1. The molecule has 4 N–H and O–H groups in total. The third-order valence-corrected chi connectivity index (χ3v) is 5.83. The zero-order valence-corrected chi connectivity index (χ0v) is 16.3. The summed E-state index contributed by atoms with van der Waals surface area (Å²) in [6.07, 6.45) is 1.68. The van der Waals surface area contributed by atoms with Crippen molar-refractivity contribution in [1.29, 1.82) is 0 Å². The van der Waals surface area contributed by atoms with Gasteiger partial charge in [-0.2, -0.15) is 5.06 Å². The number of nitrogens with zero attached hydrogens (tertiary/aromatic N) is 1. The summed E-state index contributed by atoms with van der Waals surface area (Å²) in [4.78, 5) is 20.8.